The molecule has 1 heterocycles. The quantitative estimate of drug-likeness (QED) is 0.717. The van der Waals surface area contributed by atoms with Gasteiger partial charge in [0.05, 0.1) is 5.02 Å². The molecule has 0 saturated carbocycles. The van der Waals surface area contributed by atoms with E-state index in [9.17, 15) is 0 Å². The molecular formula is C8H9Cl2NS. The standard InChI is InChI=1S/C8H9Cl2NS/c9-7-5-3-4(11)1-2-6(5)12-8(7)10/h4H,1-3,11H2. The van der Waals surface area contributed by atoms with Crippen molar-refractivity contribution in [3.05, 3.63) is 19.8 Å². The summed E-state index contributed by atoms with van der Waals surface area (Å²) >= 11 is 13.5. The average molecular weight is 222 g/mol. The molecule has 66 valence electrons. The van der Waals surface area contributed by atoms with E-state index in [1.807, 2.05) is 0 Å². The highest BCUT2D eigenvalue weighted by molar-refractivity contribution is 7.17. The molecule has 0 radical (unpaired) electrons. The highest BCUT2D eigenvalue weighted by atomic mass is 35.5. The second-order valence-corrected chi connectivity index (χ2v) is 5.18. The van der Waals surface area contributed by atoms with E-state index in [4.69, 9.17) is 28.9 Å². The van der Waals surface area contributed by atoms with Gasteiger partial charge in [-0.05, 0) is 24.8 Å². The maximum atomic E-state index is 6.01. The van der Waals surface area contributed by atoms with E-state index in [0.717, 1.165) is 28.6 Å². The molecule has 1 aromatic heterocycles. The Hall–Kier alpha value is 0.240. The minimum Gasteiger partial charge on any atom is -0.327 e. The zero-order valence-corrected chi connectivity index (χ0v) is 8.77. The van der Waals surface area contributed by atoms with Crippen LogP contribution in [0.5, 0.6) is 0 Å². The maximum Gasteiger partial charge on any atom is 0.112 e. The van der Waals surface area contributed by atoms with Crippen molar-refractivity contribution in [1.29, 1.82) is 0 Å². The molecule has 0 amide bonds. The van der Waals surface area contributed by atoms with E-state index in [1.54, 1.807) is 11.3 Å². The molecule has 0 spiro atoms. The van der Waals surface area contributed by atoms with Crippen LogP contribution in [0.1, 0.15) is 16.9 Å². The first-order chi connectivity index (χ1) is 5.68. The Morgan fingerprint density at radius 3 is 2.92 bits per heavy atom. The molecule has 1 aliphatic carbocycles. The van der Waals surface area contributed by atoms with E-state index in [-0.39, 0.29) is 6.04 Å². The number of thiophene rings is 1. The van der Waals surface area contributed by atoms with E-state index in [0.29, 0.717) is 0 Å². The molecule has 0 saturated heterocycles. The van der Waals surface area contributed by atoms with Gasteiger partial charge in [-0.15, -0.1) is 11.3 Å². The SMILES string of the molecule is NC1CCc2sc(Cl)c(Cl)c2C1. The average Bonchev–Trinajstić information content (AvgIpc) is 2.31. The Morgan fingerprint density at radius 2 is 2.17 bits per heavy atom. The van der Waals surface area contributed by atoms with Crippen molar-refractivity contribution in [2.45, 2.75) is 25.3 Å². The normalized spacial score (nSPS) is 22.4. The summed E-state index contributed by atoms with van der Waals surface area (Å²) in [5, 5.41) is 0.729. The number of rotatable bonds is 0. The minimum absolute atomic E-state index is 0.265. The van der Waals surface area contributed by atoms with Gasteiger partial charge < -0.3 is 5.73 Å². The Morgan fingerprint density at radius 1 is 1.42 bits per heavy atom. The minimum atomic E-state index is 0.265. The van der Waals surface area contributed by atoms with Gasteiger partial charge in [0, 0.05) is 10.9 Å². The predicted octanol–water partition coefficient (Wildman–Crippen LogP) is 2.87. The lowest BCUT2D eigenvalue weighted by atomic mass is 9.95. The first-order valence-electron chi connectivity index (χ1n) is 3.89. The molecule has 12 heavy (non-hydrogen) atoms. The molecule has 0 fully saturated rings. The predicted molar refractivity (Wildman–Crippen MR) is 54.3 cm³/mol. The van der Waals surface area contributed by atoms with Crippen LogP contribution in [-0.2, 0) is 12.8 Å². The Balaban J connectivity index is 2.44. The summed E-state index contributed by atoms with van der Waals surface area (Å²) < 4.78 is 0.718. The zero-order chi connectivity index (χ0) is 8.72. The lowest BCUT2D eigenvalue weighted by Crippen LogP contribution is -2.26. The van der Waals surface area contributed by atoms with Crippen LogP contribution >= 0.6 is 34.5 Å². The van der Waals surface area contributed by atoms with Crippen molar-refractivity contribution in [3.63, 3.8) is 0 Å². The maximum absolute atomic E-state index is 6.01. The Bertz CT molecular complexity index is 308. The molecular weight excluding hydrogens is 213 g/mol. The number of fused-ring (bicyclic) bond motifs is 1. The van der Waals surface area contributed by atoms with Crippen LogP contribution in [0, 0.1) is 0 Å². The van der Waals surface area contributed by atoms with Crippen LogP contribution < -0.4 is 5.73 Å². The Kier molecular flexibility index (Phi) is 2.34. The highest BCUT2D eigenvalue weighted by Crippen LogP contribution is 2.40. The van der Waals surface area contributed by atoms with Gasteiger partial charge in [0.15, 0.2) is 0 Å². The van der Waals surface area contributed by atoms with Crippen molar-refractivity contribution in [2.24, 2.45) is 5.73 Å². The smallest absolute Gasteiger partial charge is 0.112 e. The van der Waals surface area contributed by atoms with Gasteiger partial charge in [0.25, 0.3) is 0 Å². The summed E-state index contributed by atoms with van der Waals surface area (Å²) in [6.45, 7) is 0. The third kappa shape index (κ3) is 1.37. The number of aryl methyl sites for hydroxylation is 1. The first kappa shape index (κ1) is 8.82. The van der Waals surface area contributed by atoms with Crippen molar-refractivity contribution in [1.82, 2.24) is 0 Å². The van der Waals surface area contributed by atoms with E-state index in [1.165, 1.54) is 10.4 Å². The van der Waals surface area contributed by atoms with Gasteiger partial charge in [-0.3, -0.25) is 0 Å². The monoisotopic (exact) mass is 221 g/mol. The van der Waals surface area contributed by atoms with Crippen molar-refractivity contribution < 1.29 is 0 Å². The summed E-state index contributed by atoms with van der Waals surface area (Å²) in [6.07, 6.45) is 2.98. The lowest BCUT2D eigenvalue weighted by molar-refractivity contribution is 0.583. The van der Waals surface area contributed by atoms with Gasteiger partial charge in [-0.2, -0.15) is 0 Å². The molecule has 2 rings (SSSR count). The van der Waals surface area contributed by atoms with Gasteiger partial charge in [0.1, 0.15) is 4.34 Å². The largest absolute Gasteiger partial charge is 0.327 e. The summed E-state index contributed by atoms with van der Waals surface area (Å²) in [6, 6.07) is 0.265. The van der Waals surface area contributed by atoms with Gasteiger partial charge in [-0.25, -0.2) is 0 Å². The second kappa shape index (κ2) is 3.18. The van der Waals surface area contributed by atoms with Crippen LogP contribution in [0.25, 0.3) is 0 Å². The van der Waals surface area contributed by atoms with E-state index < -0.39 is 0 Å². The van der Waals surface area contributed by atoms with Crippen LogP contribution in [0.3, 0.4) is 0 Å². The summed E-state index contributed by atoms with van der Waals surface area (Å²) in [4.78, 5) is 1.33. The van der Waals surface area contributed by atoms with Crippen molar-refractivity contribution >= 4 is 34.5 Å². The summed E-state index contributed by atoms with van der Waals surface area (Å²) in [5.41, 5.74) is 7.02. The van der Waals surface area contributed by atoms with Crippen LogP contribution in [-0.4, -0.2) is 6.04 Å². The summed E-state index contributed by atoms with van der Waals surface area (Å²) in [5.74, 6) is 0. The van der Waals surface area contributed by atoms with Crippen LogP contribution in [0.15, 0.2) is 0 Å². The van der Waals surface area contributed by atoms with Crippen molar-refractivity contribution in [2.75, 3.05) is 0 Å². The molecule has 1 nitrogen and oxygen atoms in total. The number of hydrogen-bond donors (Lipinski definition) is 1. The Labute approximate surface area is 85.5 Å². The first-order valence-corrected chi connectivity index (χ1v) is 5.47. The zero-order valence-electron chi connectivity index (χ0n) is 6.44. The number of halogens is 2. The molecule has 1 atom stereocenters. The molecule has 0 aromatic carbocycles. The fourth-order valence-electron chi connectivity index (χ4n) is 1.54. The van der Waals surface area contributed by atoms with Gasteiger partial charge in [-0.1, -0.05) is 23.2 Å². The van der Waals surface area contributed by atoms with Gasteiger partial charge >= 0.3 is 0 Å². The van der Waals surface area contributed by atoms with E-state index >= 15 is 0 Å². The fourth-order valence-corrected chi connectivity index (χ4v) is 3.26. The van der Waals surface area contributed by atoms with E-state index in [2.05, 4.69) is 0 Å². The topological polar surface area (TPSA) is 26.0 Å². The molecule has 1 aromatic rings. The third-order valence-electron chi connectivity index (χ3n) is 2.20. The number of hydrogen-bond acceptors (Lipinski definition) is 2. The molecule has 4 heteroatoms. The molecule has 2 N–H and O–H groups in total. The number of nitrogens with two attached hydrogens (primary N) is 1. The molecule has 1 unspecified atom stereocenters. The summed E-state index contributed by atoms with van der Waals surface area (Å²) in [7, 11) is 0. The van der Waals surface area contributed by atoms with Crippen LogP contribution in [0.4, 0.5) is 0 Å². The van der Waals surface area contributed by atoms with Crippen molar-refractivity contribution in [3.8, 4) is 0 Å². The lowest BCUT2D eigenvalue weighted by Gasteiger charge is -2.17. The highest BCUT2D eigenvalue weighted by Gasteiger charge is 2.22. The molecule has 1 aliphatic rings. The van der Waals surface area contributed by atoms with Crippen LogP contribution in [0.2, 0.25) is 9.36 Å². The van der Waals surface area contributed by atoms with Gasteiger partial charge in [0.2, 0.25) is 0 Å². The second-order valence-electron chi connectivity index (χ2n) is 3.09. The molecule has 0 aliphatic heterocycles. The molecule has 0 bridgehead atoms. The third-order valence-corrected chi connectivity index (χ3v) is 4.32. The fraction of sp³-hybridized carbons (Fsp3) is 0.500.